The Morgan fingerprint density at radius 2 is 2.15 bits per heavy atom. The molecule has 1 heterocycles. The first-order valence-electron chi connectivity index (χ1n) is 7.51. The Kier molecular flexibility index (Phi) is 5.81. The van der Waals surface area contributed by atoms with Gasteiger partial charge in [0.1, 0.15) is 0 Å². The van der Waals surface area contributed by atoms with Crippen LogP contribution in [-0.2, 0) is 4.79 Å². The number of likely N-dealkylation sites (tertiary alicyclic amines) is 1. The molecule has 1 saturated heterocycles. The summed E-state index contributed by atoms with van der Waals surface area (Å²) in [6, 6.07) is 10.5. The van der Waals surface area contributed by atoms with E-state index in [1.54, 1.807) is 6.08 Å². The molecule has 1 aromatic carbocycles. The van der Waals surface area contributed by atoms with Crippen LogP contribution in [0.25, 0.3) is 6.08 Å². The van der Waals surface area contributed by atoms with Gasteiger partial charge >= 0.3 is 0 Å². The van der Waals surface area contributed by atoms with E-state index in [0.717, 1.165) is 25.2 Å². The molecule has 0 bridgehead atoms. The fourth-order valence-corrected chi connectivity index (χ4v) is 2.61. The SMILES string of the molecule is C[C@@H]1CCCCN1CCNC(=O)/C=C/c1ccccc1. The number of benzene rings is 1. The van der Waals surface area contributed by atoms with Crippen molar-refractivity contribution in [1.29, 1.82) is 0 Å². The highest BCUT2D eigenvalue weighted by Gasteiger charge is 2.17. The van der Waals surface area contributed by atoms with Crippen LogP contribution in [0.5, 0.6) is 0 Å². The highest BCUT2D eigenvalue weighted by atomic mass is 16.1. The minimum Gasteiger partial charge on any atom is -0.351 e. The molecule has 0 radical (unpaired) electrons. The van der Waals surface area contributed by atoms with Crippen LogP contribution in [0.1, 0.15) is 31.7 Å². The topological polar surface area (TPSA) is 32.3 Å². The van der Waals surface area contributed by atoms with Crippen molar-refractivity contribution in [3.8, 4) is 0 Å². The molecule has 0 aromatic heterocycles. The summed E-state index contributed by atoms with van der Waals surface area (Å²) in [7, 11) is 0. The van der Waals surface area contributed by atoms with Gasteiger partial charge in [0.05, 0.1) is 0 Å². The van der Waals surface area contributed by atoms with Crippen LogP contribution in [0.3, 0.4) is 0 Å². The number of amides is 1. The van der Waals surface area contributed by atoms with Crippen LogP contribution in [0.4, 0.5) is 0 Å². The van der Waals surface area contributed by atoms with E-state index < -0.39 is 0 Å². The summed E-state index contributed by atoms with van der Waals surface area (Å²) < 4.78 is 0. The number of hydrogen-bond acceptors (Lipinski definition) is 2. The van der Waals surface area contributed by atoms with Crippen molar-refractivity contribution < 1.29 is 4.79 Å². The Morgan fingerprint density at radius 1 is 1.35 bits per heavy atom. The van der Waals surface area contributed by atoms with Gasteiger partial charge < -0.3 is 5.32 Å². The lowest BCUT2D eigenvalue weighted by Gasteiger charge is -2.33. The number of carbonyl (C=O) groups excluding carboxylic acids is 1. The van der Waals surface area contributed by atoms with E-state index in [0.29, 0.717) is 6.04 Å². The molecule has 0 saturated carbocycles. The molecule has 3 heteroatoms. The van der Waals surface area contributed by atoms with Gasteiger partial charge in [0, 0.05) is 25.2 Å². The maximum atomic E-state index is 11.7. The summed E-state index contributed by atoms with van der Waals surface area (Å²) in [5.74, 6) is -0.0153. The second-order valence-electron chi connectivity index (χ2n) is 5.42. The number of nitrogens with one attached hydrogen (secondary N) is 1. The average molecular weight is 272 g/mol. The van der Waals surface area contributed by atoms with E-state index in [1.807, 2.05) is 36.4 Å². The summed E-state index contributed by atoms with van der Waals surface area (Å²) >= 11 is 0. The van der Waals surface area contributed by atoms with E-state index in [-0.39, 0.29) is 5.91 Å². The molecule has 1 fully saturated rings. The van der Waals surface area contributed by atoms with Gasteiger partial charge in [0.25, 0.3) is 0 Å². The lowest BCUT2D eigenvalue weighted by atomic mass is 10.0. The van der Waals surface area contributed by atoms with Gasteiger partial charge in [0.15, 0.2) is 0 Å². The maximum Gasteiger partial charge on any atom is 0.244 e. The summed E-state index contributed by atoms with van der Waals surface area (Å²) in [4.78, 5) is 14.2. The van der Waals surface area contributed by atoms with Crippen LogP contribution in [0.15, 0.2) is 36.4 Å². The van der Waals surface area contributed by atoms with Crippen molar-refractivity contribution in [2.24, 2.45) is 0 Å². The van der Waals surface area contributed by atoms with E-state index in [2.05, 4.69) is 17.1 Å². The van der Waals surface area contributed by atoms with Crippen molar-refractivity contribution >= 4 is 12.0 Å². The van der Waals surface area contributed by atoms with Gasteiger partial charge in [-0.3, -0.25) is 9.69 Å². The van der Waals surface area contributed by atoms with Crippen LogP contribution in [0.2, 0.25) is 0 Å². The average Bonchev–Trinajstić information content (AvgIpc) is 2.48. The standard InChI is InChI=1S/C17H24N2O/c1-15-7-5-6-13-19(15)14-12-18-17(20)11-10-16-8-3-2-4-9-16/h2-4,8-11,15H,5-7,12-14H2,1H3,(H,18,20)/b11-10+/t15-/m1/s1. The molecule has 1 atom stereocenters. The summed E-state index contributed by atoms with van der Waals surface area (Å²) in [5.41, 5.74) is 1.05. The molecule has 1 amide bonds. The first-order valence-corrected chi connectivity index (χ1v) is 7.51. The van der Waals surface area contributed by atoms with Crippen molar-refractivity contribution in [3.63, 3.8) is 0 Å². The Morgan fingerprint density at radius 3 is 2.90 bits per heavy atom. The van der Waals surface area contributed by atoms with Gasteiger partial charge in [-0.05, 0) is 37.9 Å². The monoisotopic (exact) mass is 272 g/mol. The molecule has 1 aromatic rings. The van der Waals surface area contributed by atoms with Gasteiger partial charge in [-0.2, -0.15) is 0 Å². The molecular weight excluding hydrogens is 248 g/mol. The summed E-state index contributed by atoms with van der Waals surface area (Å²) in [6.45, 7) is 5.11. The van der Waals surface area contributed by atoms with E-state index in [1.165, 1.54) is 19.3 Å². The zero-order valence-corrected chi connectivity index (χ0v) is 12.2. The van der Waals surface area contributed by atoms with Crippen LogP contribution in [-0.4, -0.2) is 36.5 Å². The molecular formula is C17H24N2O. The fraction of sp³-hybridized carbons (Fsp3) is 0.471. The van der Waals surface area contributed by atoms with Gasteiger partial charge in [-0.1, -0.05) is 36.8 Å². The minimum absolute atomic E-state index is 0.0153. The molecule has 1 aliphatic heterocycles. The quantitative estimate of drug-likeness (QED) is 0.836. The van der Waals surface area contributed by atoms with Crippen LogP contribution < -0.4 is 5.32 Å². The van der Waals surface area contributed by atoms with Crippen LogP contribution >= 0.6 is 0 Å². The number of rotatable bonds is 5. The Labute approximate surface area is 121 Å². The van der Waals surface area contributed by atoms with Crippen molar-refractivity contribution in [2.45, 2.75) is 32.2 Å². The minimum atomic E-state index is -0.0153. The Balaban J connectivity index is 1.69. The first-order chi connectivity index (χ1) is 9.75. The predicted octanol–water partition coefficient (Wildman–Crippen LogP) is 2.69. The Bertz CT molecular complexity index is 442. The van der Waals surface area contributed by atoms with E-state index in [4.69, 9.17) is 0 Å². The largest absolute Gasteiger partial charge is 0.351 e. The molecule has 1 aliphatic rings. The molecule has 2 rings (SSSR count). The lowest BCUT2D eigenvalue weighted by Crippen LogP contribution is -2.42. The molecule has 1 N–H and O–H groups in total. The van der Waals surface area contributed by atoms with Gasteiger partial charge in [-0.25, -0.2) is 0 Å². The van der Waals surface area contributed by atoms with Gasteiger partial charge in [0.2, 0.25) is 5.91 Å². The van der Waals surface area contributed by atoms with E-state index >= 15 is 0 Å². The second kappa shape index (κ2) is 7.85. The predicted molar refractivity (Wildman–Crippen MR) is 83.4 cm³/mol. The summed E-state index contributed by atoms with van der Waals surface area (Å²) in [6.07, 6.45) is 7.35. The van der Waals surface area contributed by atoms with Crippen LogP contribution in [0, 0.1) is 0 Å². The summed E-state index contributed by atoms with van der Waals surface area (Å²) in [5, 5.41) is 2.95. The third kappa shape index (κ3) is 4.82. The molecule has 0 aliphatic carbocycles. The highest BCUT2D eigenvalue weighted by Crippen LogP contribution is 2.15. The number of hydrogen-bond donors (Lipinski definition) is 1. The molecule has 3 nitrogen and oxygen atoms in total. The molecule has 20 heavy (non-hydrogen) atoms. The number of carbonyl (C=O) groups is 1. The fourth-order valence-electron chi connectivity index (χ4n) is 2.61. The zero-order valence-electron chi connectivity index (χ0n) is 12.2. The third-order valence-corrected chi connectivity index (χ3v) is 3.87. The molecule has 0 spiro atoms. The van der Waals surface area contributed by atoms with Crippen molar-refractivity contribution in [3.05, 3.63) is 42.0 Å². The van der Waals surface area contributed by atoms with Crippen molar-refractivity contribution in [1.82, 2.24) is 10.2 Å². The van der Waals surface area contributed by atoms with Gasteiger partial charge in [-0.15, -0.1) is 0 Å². The number of nitrogens with zero attached hydrogens (tertiary/aromatic N) is 1. The normalized spacial score (nSPS) is 20.1. The first kappa shape index (κ1) is 14.8. The second-order valence-corrected chi connectivity index (χ2v) is 5.42. The highest BCUT2D eigenvalue weighted by molar-refractivity contribution is 5.91. The molecule has 0 unspecified atom stereocenters. The number of piperidine rings is 1. The van der Waals surface area contributed by atoms with E-state index in [9.17, 15) is 4.79 Å². The zero-order chi connectivity index (χ0) is 14.2. The molecule has 108 valence electrons. The third-order valence-electron chi connectivity index (χ3n) is 3.87. The lowest BCUT2D eigenvalue weighted by molar-refractivity contribution is -0.116. The maximum absolute atomic E-state index is 11.7. The smallest absolute Gasteiger partial charge is 0.244 e. The Hall–Kier alpha value is -1.61. The van der Waals surface area contributed by atoms with Crippen molar-refractivity contribution in [2.75, 3.05) is 19.6 Å².